The van der Waals surface area contributed by atoms with E-state index in [4.69, 9.17) is 4.42 Å². The molecule has 5 rings (SSSR count). The Morgan fingerprint density at radius 3 is 2.86 bits per heavy atom. The Morgan fingerprint density at radius 1 is 1.21 bits per heavy atom. The van der Waals surface area contributed by atoms with Gasteiger partial charge in [0.25, 0.3) is 5.91 Å². The number of para-hydroxylation sites is 1. The van der Waals surface area contributed by atoms with Gasteiger partial charge in [0.2, 0.25) is 5.43 Å². The molecule has 3 aromatic rings. The van der Waals surface area contributed by atoms with Crippen LogP contribution in [0.3, 0.4) is 0 Å². The van der Waals surface area contributed by atoms with E-state index in [2.05, 4.69) is 4.99 Å². The Bertz CT molecular complexity index is 1160. The van der Waals surface area contributed by atoms with E-state index < -0.39 is 11.2 Å². The average Bonchev–Trinajstić information content (AvgIpc) is 3.36. The van der Waals surface area contributed by atoms with Crippen molar-refractivity contribution in [3.63, 3.8) is 0 Å². The molecule has 8 heteroatoms. The second-order valence-corrected chi connectivity index (χ2v) is 7.86. The lowest BCUT2D eigenvalue weighted by molar-refractivity contribution is 0.0671. The Kier molecular flexibility index (Phi) is 4.01. The first-order valence-corrected chi connectivity index (χ1v) is 10.0. The zero-order valence-corrected chi connectivity index (χ0v) is 15.7. The van der Waals surface area contributed by atoms with E-state index in [1.807, 2.05) is 30.3 Å². The van der Waals surface area contributed by atoms with Gasteiger partial charge in [0.05, 0.1) is 12.1 Å². The first kappa shape index (κ1) is 17.1. The molecule has 0 radical (unpaired) electrons. The van der Waals surface area contributed by atoms with Crippen LogP contribution in [0, 0.1) is 0 Å². The smallest absolute Gasteiger partial charge is 0.274 e. The van der Waals surface area contributed by atoms with E-state index in [0.717, 1.165) is 16.7 Å². The second-order valence-electron chi connectivity index (χ2n) is 6.78. The Labute approximate surface area is 164 Å². The van der Waals surface area contributed by atoms with Gasteiger partial charge in [-0.15, -0.1) is 11.8 Å². The predicted molar refractivity (Wildman–Crippen MR) is 107 cm³/mol. The normalized spacial score (nSPS) is 16.5. The zero-order valence-electron chi connectivity index (χ0n) is 14.9. The molecule has 142 valence electrons. The number of aromatic nitrogens is 1. The van der Waals surface area contributed by atoms with Gasteiger partial charge >= 0.3 is 0 Å². The van der Waals surface area contributed by atoms with Crippen molar-refractivity contribution >= 4 is 33.7 Å². The van der Waals surface area contributed by atoms with Crippen molar-refractivity contribution < 1.29 is 14.3 Å². The molecule has 0 saturated carbocycles. The Morgan fingerprint density at radius 2 is 2.07 bits per heavy atom. The minimum absolute atomic E-state index is 0.0275. The number of carbonyl (C=O) groups excluding carboxylic acids is 1. The molecule has 0 aliphatic carbocycles. The molecule has 1 N–H and O–H groups in total. The molecule has 2 aliphatic heterocycles. The van der Waals surface area contributed by atoms with Crippen LogP contribution in [-0.4, -0.2) is 44.4 Å². The van der Waals surface area contributed by atoms with Gasteiger partial charge in [-0.2, -0.15) is 0 Å². The molecule has 4 heterocycles. The average molecular weight is 395 g/mol. The number of aromatic hydroxyl groups is 1. The molecule has 0 saturated heterocycles. The molecule has 28 heavy (non-hydrogen) atoms. The van der Waals surface area contributed by atoms with Gasteiger partial charge in [-0.1, -0.05) is 18.2 Å². The van der Waals surface area contributed by atoms with Crippen LogP contribution in [0.4, 0.5) is 0 Å². The van der Waals surface area contributed by atoms with Crippen molar-refractivity contribution in [3.05, 3.63) is 63.8 Å². The molecule has 7 nitrogen and oxygen atoms in total. The van der Waals surface area contributed by atoms with Crippen molar-refractivity contribution in [2.24, 2.45) is 4.99 Å². The monoisotopic (exact) mass is 395 g/mol. The van der Waals surface area contributed by atoms with Gasteiger partial charge < -0.3 is 19.0 Å². The molecule has 0 spiro atoms. The molecular weight excluding hydrogens is 378 g/mol. The largest absolute Gasteiger partial charge is 0.503 e. The second kappa shape index (κ2) is 6.56. The van der Waals surface area contributed by atoms with Crippen LogP contribution in [0.5, 0.6) is 5.75 Å². The van der Waals surface area contributed by atoms with E-state index in [1.165, 1.54) is 11.8 Å². The van der Waals surface area contributed by atoms with Crippen LogP contribution in [-0.2, 0) is 13.1 Å². The minimum atomic E-state index is -0.543. The number of rotatable bonds is 3. The van der Waals surface area contributed by atoms with E-state index >= 15 is 0 Å². The molecular formula is C20H17N3O4S. The molecule has 0 atom stereocenters. The lowest BCUT2D eigenvalue weighted by Gasteiger charge is -2.30. The highest BCUT2D eigenvalue weighted by atomic mass is 32.2. The molecule has 0 unspecified atom stereocenters. The molecule has 2 aliphatic rings. The summed E-state index contributed by atoms with van der Waals surface area (Å²) < 4.78 is 7.46. The molecule has 1 aromatic carbocycles. The van der Waals surface area contributed by atoms with Gasteiger partial charge in [0.1, 0.15) is 16.4 Å². The number of pyridine rings is 1. The van der Waals surface area contributed by atoms with Crippen LogP contribution in [0.2, 0.25) is 0 Å². The number of hydrogen-bond acceptors (Lipinski definition) is 6. The SMILES string of the molecule is O=C1c2c(O)c(=O)c(C3=NCCS3)cn2CCN1Cc1cc2ccccc2o1. The zero-order chi connectivity index (χ0) is 19.3. The van der Waals surface area contributed by atoms with Crippen LogP contribution in [0.25, 0.3) is 11.0 Å². The summed E-state index contributed by atoms with van der Waals surface area (Å²) >= 11 is 1.49. The van der Waals surface area contributed by atoms with E-state index in [0.29, 0.717) is 36.0 Å². The number of aliphatic imine (C=N–C) groups is 1. The maximum absolute atomic E-state index is 13.0. The topological polar surface area (TPSA) is 88.0 Å². The quantitative estimate of drug-likeness (QED) is 0.736. The first-order chi connectivity index (χ1) is 13.6. The van der Waals surface area contributed by atoms with Crippen molar-refractivity contribution in [3.8, 4) is 5.75 Å². The van der Waals surface area contributed by atoms with Crippen molar-refractivity contribution in [1.29, 1.82) is 0 Å². The van der Waals surface area contributed by atoms with Gasteiger partial charge in [-0.3, -0.25) is 14.6 Å². The van der Waals surface area contributed by atoms with Crippen molar-refractivity contribution in [1.82, 2.24) is 9.47 Å². The van der Waals surface area contributed by atoms with Crippen molar-refractivity contribution in [2.75, 3.05) is 18.8 Å². The maximum Gasteiger partial charge on any atom is 0.274 e. The standard InChI is InChI=1S/C20H17N3O4S/c24-17-14(19-21-5-8-28-19)11-22-6-7-23(20(26)16(22)18(17)25)10-13-9-12-3-1-2-4-15(12)27-13/h1-4,9,11,25H,5-8,10H2. The van der Waals surface area contributed by atoms with Gasteiger partial charge in [0, 0.05) is 37.0 Å². The molecule has 0 bridgehead atoms. The van der Waals surface area contributed by atoms with Gasteiger partial charge in [-0.25, -0.2) is 0 Å². The summed E-state index contributed by atoms with van der Waals surface area (Å²) in [7, 11) is 0. The summed E-state index contributed by atoms with van der Waals surface area (Å²) in [5, 5.41) is 12.1. The fourth-order valence-electron chi connectivity index (χ4n) is 3.63. The molecule has 2 aromatic heterocycles. The number of fused-ring (bicyclic) bond motifs is 2. The molecule has 1 amide bonds. The minimum Gasteiger partial charge on any atom is -0.503 e. The summed E-state index contributed by atoms with van der Waals surface area (Å²) in [5.74, 6) is 0.598. The number of amides is 1. The third kappa shape index (κ3) is 2.72. The number of carbonyl (C=O) groups is 1. The van der Waals surface area contributed by atoms with E-state index in [1.54, 1.807) is 15.7 Å². The number of furan rings is 1. The summed E-state index contributed by atoms with van der Waals surface area (Å²) in [6.07, 6.45) is 1.64. The summed E-state index contributed by atoms with van der Waals surface area (Å²) in [4.78, 5) is 31.5. The van der Waals surface area contributed by atoms with E-state index in [-0.39, 0.29) is 18.1 Å². The fraction of sp³-hybridized carbons (Fsp3) is 0.250. The van der Waals surface area contributed by atoms with Crippen LogP contribution in [0.15, 0.2) is 50.7 Å². The van der Waals surface area contributed by atoms with Gasteiger partial charge in [0.15, 0.2) is 11.4 Å². The number of benzene rings is 1. The highest BCUT2D eigenvalue weighted by Crippen LogP contribution is 2.26. The van der Waals surface area contributed by atoms with Crippen LogP contribution in [0.1, 0.15) is 21.8 Å². The number of nitrogens with zero attached hydrogens (tertiary/aromatic N) is 3. The highest BCUT2D eigenvalue weighted by molar-refractivity contribution is 8.14. The fourth-order valence-corrected chi connectivity index (χ4v) is 4.49. The maximum atomic E-state index is 13.0. The lowest BCUT2D eigenvalue weighted by atomic mass is 10.1. The van der Waals surface area contributed by atoms with Gasteiger partial charge in [-0.05, 0) is 12.1 Å². The predicted octanol–water partition coefficient (Wildman–Crippen LogP) is 2.45. The number of thioether (sulfide) groups is 1. The van der Waals surface area contributed by atoms with Crippen LogP contribution < -0.4 is 5.43 Å². The number of hydrogen-bond donors (Lipinski definition) is 1. The lowest BCUT2D eigenvalue weighted by Crippen LogP contribution is -2.41. The summed E-state index contributed by atoms with van der Waals surface area (Å²) in [6.45, 7) is 1.89. The Balaban J connectivity index is 1.48. The Hall–Kier alpha value is -3.00. The first-order valence-electron chi connectivity index (χ1n) is 9.02. The third-order valence-electron chi connectivity index (χ3n) is 5.00. The summed E-state index contributed by atoms with van der Waals surface area (Å²) in [6, 6.07) is 9.56. The highest BCUT2D eigenvalue weighted by Gasteiger charge is 2.31. The van der Waals surface area contributed by atoms with E-state index in [9.17, 15) is 14.7 Å². The molecule has 0 fully saturated rings. The third-order valence-corrected chi connectivity index (χ3v) is 6.01. The van der Waals surface area contributed by atoms with Crippen molar-refractivity contribution in [2.45, 2.75) is 13.1 Å². The summed E-state index contributed by atoms with van der Waals surface area (Å²) in [5.41, 5.74) is 0.612. The van der Waals surface area contributed by atoms with Crippen LogP contribution >= 0.6 is 11.8 Å².